The molecule has 2 aliphatic rings. The maximum absolute atomic E-state index is 11.9. The largest absolute Gasteiger partial charge is 0.327 e. The van der Waals surface area contributed by atoms with Crippen LogP contribution in [0, 0.1) is 5.92 Å². The fraction of sp³-hybridized carbons (Fsp3) is 0.692. The van der Waals surface area contributed by atoms with E-state index < -0.39 is 0 Å². The molecule has 1 aromatic heterocycles. The van der Waals surface area contributed by atoms with Gasteiger partial charge in [-0.1, -0.05) is 6.42 Å². The third kappa shape index (κ3) is 2.72. The van der Waals surface area contributed by atoms with Crippen molar-refractivity contribution in [1.82, 2.24) is 4.98 Å². The summed E-state index contributed by atoms with van der Waals surface area (Å²) in [6.07, 6.45) is 6.32. The zero-order valence-corrected chi connectivity index (χ0v) is 11.2. The van der Waals surface area contributed by atoms with Gasteiger partial charge in [0, 0.05) is 23.8 Å². The van der Waals surface area contributed by atoms with Crippen molar-refractivity contribution < 1.29 is 4.79 Å². The molecule has 18 heavy (non-hydrogen) atoms. The van der Waals surface area contributed by atoms with Gasteiger partial charge in [-0.05, 0) is 31.6 Å². The fourth-order valence-electron chi connectivity index (χ4n) is 2.64. The third-order valence-electron chi connectivity index (χ3n) is 3.93. The molecule has 0 bridgehead atoms. The number of hydrogen-bond acceptors (Lipinski definition) is 4. The molecule has 2 aliphatic carbocycles. The highest BCUT2D eigenvalue weighted by Crippen LogP contribution is 2.40. The standard InChI is InChI=1S/C13H19N3OS/c14-10-3-1-2-9(10)6-12(17)16-13-15-11(7-18-13)8-4-5-8/h7-10H,1-6,14H2,(H,15,16,17)/t9-,10+/m0/s1. The number of nitrogens with two attached hydrogens (primary N) is 1. The van der Waals surface area contributed by atoms with Gasteiger partial charge in [-0.15, -0.1) is 11.3 Å². The molecular formula is C13H19N3OS. The summed E-state index contributed by atoms with van der Waals surface area (Å²) in [6.45, 7) is 0. The number of aromatic nitrogens is 1. The van der Waals surface area contributed by atoms with Crippen molar-refractivity contribution in [2.24, 2.45) is 11.7 Å². The summed E-state index contributed by atoms with van der Waals surface area (Å²) in [4.78, 5) is 16.4. The molecule has 2 atom stereocenters. The van der Waals surface area contributed by atoms with E-state index >= 15 is 0 Å². The third-order valence-corrected chi connectivity index (χ3v) is 4.71. The van der Waals surface area contributed by atoms with Crippen LogP contribution < -0.4 is 11.1 Å². The summed E-state index contributed by atoms with van der Waals surface area (Å²) in [5, 5.41) is 5.71. The Bertz CT molecular complexity index is 441. The highest BCUT2D eigenvalue weighted by Gasteiger charge is 2.28. The molecule has 3 N–H and O–H groups in total. The van der Waals surface area contributed by atoms with Crippen LogP contribution in [0.15, 0.2) is 5.38 Å². The lowest BCUT2D eigenvalue weighted by Gasteiger charge is -2.13. The van der Waals surface area contributed by atoms with Gasteiger partial charge in [0.15, 0.2) is 5.13 Å². The minimum Gasteiger partial charge on any atom is -0.327 e. The Kier molecular flexibility index (Phi) is 3.35. The van der Waals surface area contributed by atoms with Crippen molar-refractivity contribution >= 4 is 22.4 Å². The van der Waals surface area contributed by atoms with E-state index in [1.807, 2.05) is 0 Å². The van der Waals surface area contributed by atoms with Crippen molar-refractivity contribution in [3.63, 3.8) is 0 Å². The van der Waals surface area contributed by atoms with E-state index in [4.69, 9.17) is 5.73 Å². The van der Waals surface area contributed by atoms with Gasteiger partial charge in [0.1, 0.15) is 0 Å². The predicted octanol–water partition coefficient (Wildman–Crippen LogP) is 2.48. The van der Waals surface area contributed by atoms with Gasteiger partial charge in [0.25, 0.3) is 0 Å². The maximum Gasteiger partial charge on any atom is 0.226 e. The number of nitrogens with one attached hydrogen (secondary N) is 1. The average Bonchev–Trinajstić information content (AvgIpc) is 2.97. The number of carbonyl (C=O) groups is 1. The SMILES string of the molecule is N[C@@H]1CCC[C@H]1CC(=O)Nc1nc(C2CC2)cs1. The molecule has 0 spiro atoms. The fourth-order valence-corrected chi connectivity index (χ4v) is 3.45. The van der Waals surface area contributed by atoms with Crippen molar-refractivity contribution in [1.29, 1.82) is 0 Å². The van der Waals surface area contributed by atoms with E-state index in [9.17, 15) is 4.79 Å². The van der Waals surface area contributed by atoms with Gasteiger partial charge < -0.3 is 11.1 Å². The highest BCUT2D eigenvalue weighted by molar-refractivity contribution is 7.13. The zero-order chi connectivity index (χ0) is 12.5. The summed E-state index contributed by atoms with van der Waals surface area (Å²) < 4.78 is 0. The van der Waals surface area contributed by atoms with E-state index in [1.54, 1.807) is 0 Å². The van der Waals surface area contributed by atoms with Crippen LogP contribution in [0.3, 0.4) is 0 Å². The maximum atomic E-state index is 11.9. The second kappa shape index (κ2) is 4.97. The molecule has 0 aliphatic heterocycles. The molecule has 5 heteroatoms. The van der Waals surface area contributed by atoms with E-state index in [2.05, 4.69) is 15.7 Å². The van der Waals surface area contributed by atoms with Crippen LogP contribution in [0.1, 0.15) is 50.1 Å². The smallest absolute Gasteiger partial charge is 0.226 e. The molecule has 1 amide bonds. The predicted molar refractivity (Wildman–Crippen MR) is 72.7 cm³/mol. The molecule has 4 nitrogen and oxygen atoms in total. The van der Waals surface area contributed by atoms with Crippen LogP contribution in [-0.2, 0) is 4.79 Å². The topological polar surface area (TPSA) is 68.0 Å². The van der Waals surface area contributed by atoms with Gasteiger partial charge in [-0.25, -0.2) is 4.98 Å². The molecule has 1 aromatic rings. The average molecular weight is 265 g/mol. The van der Waals surface area contributed by atoms with Crippen LogP contribution >= 0.6 is 11.3 Å². The number of amides is 1. The number of carbonyl (C=O) groups excluding carboxylic acids is 1. The van der Waals surface area contributed by atoms with Crippen molar-refractivity contribution in [3.8, 4) is 0 Å². The highest BCUT2D eigenvalue weighted by atomic mass is 32.1. The van der Waals surface area contributed by atoms with Crippen molar-refractivity contribution in [2.75, 3.05) is 5.32 Å². The molecule has 0 unspecified atom stereocenters. The molecule has 2 saturated carbocycles. The molecule has 0 aromatic carbocycles. The van der Waals surface area contributed by atoms with E-state index in [-0.39, 0.29) is 11.9 Å². The number of nitrogens with zero attached hydrogens (tertiary/aromatic N) is 1. The Morgan fingerprint density at radius 3 is 2.94 bits per heavy atom. The lowest BCUT2D eigenvalue weighted by Crippen LogP contribution is -2.28. The van der Waals surface area contributed by atoms with Gasteiger partial charge in [0.2, 0.25) is 5.91 Å². The number of rotatable bonds is 4. The molecular weight excluding hydrogens is 246 g/mol. The second-order valence-corrected chi connectivity index (χ2v) is 6.32. The Hall–Kier alpha value is -0.940. The lowest BCUT2D eigenvalue weighted by molar-refractivity contribution is -0.117. The number of thiazole rings is 1. The summed E-state index contributed by atoms with van der Waals surface area (Å²) in [5.74, 6) is 1.07. The Balaban J connectivity index is 1.53. The van der Waals surface area contributed by atoms with E-state index in [1.165, 1.54) is 24.2 Å². The molecule has 0 radical (unpaired) electrons. The van der Waals surface area contributed by atoms with Crippen molar-refractivity contribution in [2.45, 2.75) is 50.5 Å². The van der Waals surface area contributed by atoms with Crippen LogP contribution in [-0.4, -0.2) is 16.9 Å². The Morgan fingerprint density at radius 2 is 2.28 bits per heavy atom. The quantitative estimate of drug-likeness (QED) is 0.878. The first-order chi connectivity index (χ1) is 8.72. The monoisotopic (exact) mass is 265 g/mol. The minimum atomic E-state index is 0.0639. The lowest BCUT2D eigenvalue weighted by atomic mass is 10.00. The molecule has 98 valence electrons. The van der Waals surface area contributed by atoms with Crippen LogP contribution in [0.4, 0.5) is 5.13 Å². The molecule has 2 fully saturated rings. The first-order valence-electron chi connectivity index (χ1n) is 6.73. The normalized spacial score (nSPS) is 27.4. The minimum absolute atomic E-state index is 0.0639. The Morgan fingerprint density at radius 1 is 1.44 bits per heavy atom. The summed E-state index contributed by atoms with van der Waals surface area (Å²) in [5.41, 5.74) is 7.13. The number of hydrogen-bond donors (Lipinski definition) is 2. The van der Waals surface area contributed by atoms with Gasteiger partial charge in [-0.2, -0.15) is 0 Å². The zero-order valence-electron chi connectivity index (χ0n) is 10.4. The molecule has 1 heterocycles. The van der Waals surface area contributed by atoms with Gasteiger partial charge >= 0.3 is 0 Å². The first kappa shape index (κ1) is 12.1. The van der Waals surface area contributed by atoms with Crippen LogP contribution in [0.2, 0.25) is 0 Å². The molecule has 0 saturated heterocycles. The first-order valence-corrected chi connectivity index (χ1v) is 7.61. The van der Waals surface area contributed by atoms with Crippen LogP contribution in [0.5, 0.6) is 0 Å². The van der Waals surface area contributed by atoms with Crippen molar-refractivity contribution in [3.05, 3.63) is 11.1 Å². The summed E-state index contributed by atoms with van der Waals surface area (Å²) in [7, 11) is 0. The summed E-state index contributed by atoms with van der Waals surface area (Å²) >= 11 is 1.53. The Labute approximate surface area is 111 Å². The number of anilines is 1. The summed E-state index contributed by atoms with van der Waals surface area (Å²) in [6, 6.07) is 0.203. The second-order valence-electron chi connectivity index (χ2n) is 5.46. The van der Waals surface area contributed by atoms with Gasteiger partial charge in [-0.3, -0.25) is 4.79 Å². The van der Waals surface area contributed by atoms with E-state index in [0.717, 1.165) is 30.1 Å². The van der Waals surface area contributed by atoms with Crippen LogP contribution in [0.25, 0.3) is 0 Å². The van der Waals surface area contributed by atoms with Gasteiger partial charge in [0.05, 0.1) is 5.69 Å². The van der Waals surface area contributed by atoms with E-state index in [0.29, 0.717) is 18.3 Å². The molecule has 3 rings (SSSR count).